The molecule has 0 aromatic rings. The topological polar surface area (TPSA) is 54.4 Å². The van der Waals surface area contributed by atoms with Crippen LogP contribution < -0.4 is 0 Å². The van der Waals surface area contributed by atoms with Crippen molar-refractivity contribution in [3.05, 3.63) is 0 Å². The lowest BCUT2D eigenvalue weighted by molar-refractivity contribution is -0.143. The molecule has 0 fully saturated rings. The summed E-state index contributed by atoms with van der Waals surface area (Å²) in [6, 6.07) is 0. The van der Waals surface area contributed by atoms with Gasteiger partial charge in [0.05, 0.1) is 5.92 Å². The maximum atomic E-state index is 11.4. The van der Waals surface area contributed by atoms with E-state index in [2.05, 4.69) is 0 Å². The predicted molar refractivity (Wildman–Crippen MR) is 55.1 cm³/mol. The molecule has 0 aliphatic heterocycles. The van der Waals surface area contributed by atoms with Crippen LogP contribution in [-0.4, -0.2) is 16.9 Å². The largest absolute Gasteiger partial charge is 0.481 e. The highest BCUT2D eigenvalue weighted by Crippen LogP contribution is 2.32. The monoisotopic (exact) mass is 200 g/mol. The van der Waals surface area contributed by atoms with Gasteiger partial charge in [-0.3, -0.25) is 9.59 Å². The highest BCUT2D eigenvalue weighted by atomic mass is 16.4. The molecule has 0 rings (SSSR count). The Bertz CT molecular complexity index is 223. The van der Waals surface area contributed by atoms with Crippen LogP contribution in [0.25, 0.3) is 0 Å². The van der Waals surface area contributed by atoms with E-state index in [1.165, 1.54) is 0 Å². The maximum absolute atomic E-state index is 11.4. The Morgan fingerprint density at radius 1 is 1.43 bits per heavy atom. The molecule has 3 nitrogen and oxygen atoms in total. The number of hydrogen-bond acceptors (Lipinski definition) is 2. The SMILES string of the molecule is CCCC(C)(CC(C)C(=O)O)C(C)=O. The van der Waals surface area contributed by atoms with Crippen molar-refractivity contribution in [2.24, 2.45) is 11.3 Å². The minimum absolute atomic E-state index is 0.0902. The first-order valence-corrected chi connectivity index (χ1v) is 5.07. The summed E-state index contributed by atoms with van der Waals surface area (Å²) in [5, 5.41) is 8.78. The van der Waals surface area contributed by atoms with E-state index in [0.717, 1.165) is 12.8 Å². The predicted octanol–water partition coefficient (Wildman–Crippen LogP) is 2.49. The minimum atomic E-state index is -0.825. The highest BCUT2D eigenvalue weighted by Gasteiger charge is 2.32. The van der Waals surface area contributed by atoms with Gasteiger partial charge in [0.25, 0.3) is 0 Å². The van der Waals surface area contributed by atoms with Gasteiger partial charge < -0.3 is 5.11 Å². The Morgan fingerprint density at radius 3 is 2.21 bits per heavy atom. The molecule has 3 heteroatoms. The van der Waals surface area contributed by atoms with Gasteiger partial charge in [0.2, 0.25) is 0 Å². The molecule has 1 N–H and O–H groups in total. The molecule has 0 bridgehead atoms. The Kier molecular flexibility index (Phi) is 4.81. The summed E-state index contributed by atoms with van der Waals surface area (Å²) in [6.07, 6.45) is 2.11. The number of Topliss-reactive ketones (excluding diaryl/α,β-unsaturated/α-hetero) is 1. The summed E-state index contributed by atoms with van der Waals surface area (Å²) in [5.41, 5.74) is -0.466. The summed E-state index contributed by atoms with van der Waals surface area (Å²) in [6.45, 7) is 7.06. The summed E-state index contributed by atoms with van der Waals surface area (Å²) >= 11 is 0. The number of carboxylic acid groups (broad SMARTS) is 1. The molecule has 82 valence electrons. The van der Waals surface area contributed by atoms with Crippen molar-refractivity contribution in [2.45, 2.75) is 47.0 Å². The van der Waals surface area contributed by atoms with Crippen LogP contribution in [0.4, 0.5) is 0 Å². The molecule has 0 saturated carbocycles. The lowest BCUT2D eigenvalue weighted by atomic mass is 9.75. The third kappa shape index (κ3) is 3.48. The molecule has 0 aromatic heterocycles. The number of carbonyl (C=O) groups excluding carboxylic acids is 1. The fourth-order valence-electron chi connectivity index (χ4n) is 1.74. The molecule has 0 spiro atoms. The van der Waals surface area contributed by atoms with Gasteiger partial charge in [0.15, 0.2) is 0 Å². The summed E-state index contributed by atoms with van der Waals surface area (Å²) in [7, 11) is 0. The van der Waals surface area contributed by atoms with Crippen molar-refractivity contribution >= 4 is 11.8 Å². The summed E-state index contributed by atoms with van der Waals surface area (Å²) in [5.74, 6) is -1.18. The second-order valence-corrected chi connectivity index (χ2v) is 4.31. The van der Waals surface area contributed by atoms with Crippen LogP contribution in [0.2, 0.25) is 0 Å². The van der Waals surface area contributed by atoms with Gasteiger partial charge in [0, 0.05) is 5.41 Å². The fraction of sp³-hybridized carbons (Fsp3) is 0.818. The van der Waals surface area contributed by atoms with Crippen LogP contribution in [0.15, 0.2) is 0 Å². The first-order chi connectivity index (χ1) is 6.33. The van der Waals surface area contributed by atoms with Gasteiger partial charge in [0.1, 0.15) is 5.78 Å². The average Bonchev–Trinajstić information content (AvgIpc) is 2.03. The van der Waals surface area contributed by atoms with E-state index in [1.54, 1.807) is 13.8 Å². The van der Waals surface area contributed by atoms with Crippen molar-refractivity contribution in [1.82, 2.24) is 0 Å². The lowest BCUT2D eigenvalue weighted by Crippen LogP contribution is -2.30. The molecule has 0 aromatic carbocycles. The van der Waals surface area contributed by atoms with Crippen molar-refractivity contribution in [2.75, 3.05) is 0 Å². The second-order valence-electron chi connectivity index (χ2n) is 4.31. The third-order valence-corrected chi connectivity index (χ3v) is 2.83. The number of aliphatic carboxylic acids is 1. The molecule has 0 saturated heterocycles. The first kappa shape index (κ1) is 13.1. The lowest BCUT2D eigenvalue weighted by Gasteiger charge is -2.27. The molecule has 0 aliphatic rings. The van der Waals surface area contributed by atoms with Crippen LogP contribution in [0.1, 0.15) is 47.0 Å². The number of carboxylic acids is 1. The minimum Gasteiger partial charge on any atom is -0.481 e. The molecule has 0 amide bonds. The number of ketones is 1. The van der Waals surface area contributed by atoms with E-state index in [-0.39, 0.29) is 5.78 Å². The average molecular weight is 200 g/mol. The normalized spacial score (nSPS) is 17.1. The van der Waals surface area contributed by atoms with Gasteiger partial charge in [-0.1, -0.05) is 27.2 Å². The van der Waals surface area contributed by atoms with Gasteiger partial charge in [-0.15, -0.1) is 0 Å². The third-order valence-electron chi connectivity index (χ3n) is 2.83. The zero-order valence-electron chi connectivity index (χ0n) is 9.46. The fourth-order valence-corrected chi connectivity index (χ4v) is 1.74. The zero-order valence-corrected chi connectivity index (χ0v) is 9.46. The highest BCUT2D eigenvalue weighted by molar-refractivity contribution is 5.82. The Morgan fingerprint density at radius 2 is 1.93 bits per heavy atom. The molecular formula is C11H20O3. The number of rotatable bonds is 6. The molecule has 14 heavy (non-hydrogen) atoms. The molecule has 0 aliphatic carbocycles. The van der Waals surface area contributed by atoms with Crippen molar-refractivity contribution < 1.29 is 14.7 Å². The summed E-state index contributed by atoms with van der Waals surface area (Å²) in [4.78, 5) is 22.1. The van der Waals surface area contributed by atoms with E-state index in [0.29, 0.717) is 6.42 Å². The Hall–Kier alpha value is -0.860. The van der Waals surface area contributed by atoms with Gasteiger partial charge in [-0.2, -0.15) is 0 Å². The molecular weight excluding hydrogens is 180 g/mol. The van der Waals surface area contributed by atoms with Crippen molar-refractivity contribution in [3.63, 3.8) is 0 Å². The quantitative estimate of drug-likeness (QED) is 0.716. The van der Waals surface area contributed by atoms with Crippen LogP contribution in [0.3, 0.4) is 0 Å². The van der Waals surface area contributed by atoms with E-state index < -0.39 is 17.3 Å². The molecule has 0 radical (unpaired) electrons. The van der Waals surface area contributed by atoms with Gasteiger partial charge in [-0.05, 0) is 19.8 Å². The Labute approximate surface area is 85.5 Å². The van der Waals surface area contributed by atoms with Crippen LogP contribution in [-0.2, 0) is 9.59 Å². The van der Waals surface area contributed by atoms with Gasteiger partial charge >= 0.3 is 5.97 Å². The van der Waals surface area contributed by atoms with E-state index in [4.69, 9.17) is 5.11 Å². The molecule has 0 heterocycles. The van der Waals surface area contributed by atoms with Crippen molar-refractivity contribution in [3.8, 4) is 0 Å². The van der Waals surface area contributed by atoms with Crippen LogP contribution in [0.5, 0.6) is 0 Å². The molecule has 2 atom stereocenters. The van der Waals surface area contributed by atoms with Gasteiger partial charge in [-0.25, -0.2) is 0 Å². The molecule has 2 unspecified atom stereocenters. The second kappa shape index (κ2) is 5.13. The maximum Gasteiger partial charge on any atom is 0.306 e. The Balaban J connectivity index is 4.52. The first-order valence-electron chi connectivity index (χ1n) is 5.07. The summed E-state index contributed by atoms with van der Waals surface area (Å²) < 4.78 is 0. The van der Waals surface area contributed by atoms with E-state index in [9.17, 15) is 9.59 Å². The van der Waals surface area contributed by atoms with E-state index >= 15 is 0 Å². The number of hydrogen-bond donors (Lipinski definition) is 1. The van der Waals surface area contributed by atoms with Crippen molar-refractivity contribution in [1.29, 1.82) is 0 Å². The number of carbonyl (C=O) groups is 2. The standard InChI is InChI=1S/C11H20O3/c1-5-6-11(4,9(3)12)7-8(2)10(13)14/h8H,5-7H2,1-4H3,(H,13,14). The zero-order chi connectivity index (χ0) is 11.4. The van der Waals surface area contributed by atoms with E-state index in [1.807, 2.05) is 13.8 Å². The smallest absolute Gasteiger partial charge is 0.306 e. The van der Waals surface area contributed by atoms with Crippen LogP contribution in [0, 0.1) is 11.3 Å². The van der Waals surface area contributed by atoms with Crippen LogP contribution >= 0.6 is 0 Å².